The largest absolute Gasteiger partial charge is 0.497 e. The van der Waals surface area contributed by atoms with Gasteiger partial charge in [-0.1, -0.05) is 41.7 Å². The van der Waals surface area contributed by atoms with E-state index in [9.17, 15) is 9.59 Å². The van der Waals surface area contributed by atoms with Crippen LogP contribution in [0.3, 0.4) is 0 Å². The first-order valence-corrected chi connectivity index (χ1v) is 12.5. The second-order valence-electron chi connectivity index (χ2n) is 8.68. The van der Waals surface area contributed by atoms with Gasteiger partial charge in [-0.2, -0.15) is 5.10 Å². The van der Waals surface area contributed by atoms with Gasteiger partial charge in [-0.25, -0.2) is 14.5 Å². The molecule has 1 aliphatic heterocycles. The molecule has 9 heteroatoms. The standard InChI is InChI=1S/C28H26N4O4S/c1-16-22(18(3)32(30-16)20-9-7-6-8-10-20)15-23-26(33)31-25(19-11-13-21(35-4)14-12-19)24(27(34)36-5)17(2)29-28(31)37-23/h6-15,25H,1-5H3/b23-15-/t25-/m1/s1. The Balaban J connectivity index is 1.70. The van der Waals surface area contributed by atoms with E-state index in [0.717, 1.165) is 28.2 Å². The van der Waals surface area contributed by atoms with Gasteiger partial charge < -0.3 is 9.47 Å². The van der Waals surface area contributed by atoms with Crippen LogP contribution in [0, 0.1) is 13.8 Å². The van der Waals surface area contributed by atoms with Gasteiger partial charge in [-0.15, -0.1) is 0 Å². The first kappa shape index (κ1) is 24.5. The number of aromatic nitrogens is 3. The van der Waals surface area contributed by atoms with Crippen molar-refractivity contribution in [3.05, 3.63) is 108 Å². The number of aryl methyl sites for hydroxylation is 1. The van der Waals surface area contributed by atoms with E-state index in [0.29, 0.717) is 26.4 Å². The molecule has 0 saturated heterocycles. The van der Waals surface area contributed by atoms with Gasteiger partial charge in [0.25, 0.3) is 5.56 Å². The molecule has 0 amide bonds. The average molecular weight is 515 g/mol. The molecule has 37 heavy (non-hydrogen) atoms. The lowest BCUT2D eigenvalue weighted by atomic mass is 9.96. The van der Waals surface area contributed by atoms with Crippen molar-refractivity contribution in [3.8, 4) is 11.4 Å². The summed E-state index contributed by atoms with van der Waals surface area (Å²) >= 11 is 1.29. The van der Waals surface area contributed by atoms with Crippen molar-refractivity contribution in [1.82, 2.24) is 14.3 Å². The van der Waals surface area contributed by atoms with E-state index in [1.54, 1.807) is 30.7 Å². The molecule has 0 unspecified atom stereocenters. The third-order valence-corrected chi connectivity index (χ3v) is 7.46. The molecule has 4 aromatic rings. The summed E-state index contributed by atoms with van der Waals surface area (Å²) in [4.78, 5) is 31.8. The highest BCUT2D eigenvalue weighted by atomic mass is 32.1. The van der Waals surface area contributed by atoms with E-state index >= 15 is 0 Å². The highest BCUT2D eigenvalue weighted by Gasteiger charge is 2.33. The second kappa shape index (κ2) is 9.67. The summed E-state index contributed by atoms with van der Waals surface area (Å²) in [7, 11) is 2.92. The molecule has 0 saturated carbocycles. The summed E-state index contributed by atoms with van der Waals surface area (Å²) in [5, 5.41) is 4.70. The van der Waals surface area contributed by atoms with E-state index in [4.69, 9.17) is 14.6 Å². The molecule has 0 bridgehead atoms. The van der Waals surface area contributed by atoms with Crippen LogP contribution in [0.15, 0.2) is 75.7 Å². The van der Waals surface area contributed by atoms with Gasteiger partial charge in [-0.05, 0) is 56.7 Å². The molecule has 2 aromatic carbocycles. The van der Waals surface area contributed by atoms with Crippen LogP contribution in [0.1, 0.15) is 35.5 Å². The monoisotopic (exact) mass is 514 g/mol. The van der Waals surface area contributed by atoms with Gasteiger partial charge in [0.2, 0.25) is 0 Å². The molecule has 8 nitrogen and oxygen atoms in total. The van der Waals surface area contributed by atoms with Gasteiger partial charge in [0, 0.05) is 11.3 Å². The lowest BCUT2D eigenvalue weighted by Crippen LogP contribution is -2.39. The van der Waals surface area contributed by atoms with Crippen LogP contribution in [0.5, 0.6) is 5.75 Å². The van der Waals surface area contributed by atoms with Crippen LogP contribution in [-0.4, -0.2) is 34.5 Å². The van der Waals surface area contributed by atoms with Crippen molar-refractivity contribution < 1.29 is 14.3 Å². The number of carbonyl (C=O) groups is 1. The summed E-state index contributed by atoms with van der Waals surface area (Å²) in [5.41, 5.74) is 4.93. The molecule has 1 aliphatic rings. The van der Waals surface area contributed by atoms with Crippen molar-refractivity contribution in [2.75, 3.05) is 14.2 Å². The highest BCUT2D eigenvalue weighted by molar-refractivity contribution is 7.07. The lowest BCUT2D eigenvalue weighted by Gasteiger charge is -2.24. The van der Waals surface area contributed by atoms with E-state index in [1.807, 2.05) is 67.1 Å². The van der Waals surface area contributed by atoms with Crippen LogP contribution < -0.4 is 19.6 Å². The van der Waals surface area contributed by atoms with Crippen LogP contribution in [0.4, 0.5) is 0 Å². The number of methoxy groups -OCH3 is 2. The van der Waals surface area contributed by atoms with E-state index < -0.39 is 12.0 Å². The molecule has 2 aromatic heterocycles. The zero-order chi connectivity index (χ0) is 26.3. The Morgan fingerprint density at radius 1 is 1.03 bits per heavy atom. The van der Waals surface area contributed by atoms with Crippen molar-refractivity contribution in [2.24, 2.45) is 4.99 Å². The Hall–Kier alpha value is -4.24. The number of ether oxygens (including phenoxy) is 2. The topological polar surface area (TPSA) is 87.7 Å². The smallest absolute Gasteiger partial charge is 0.338 e. The minimum Gasteiger partial charge on any atom is -0.497 e. The highest BCUT2D eigenvalue weighted by Crippen LogP contribution is 2.31. The van der Waals surface area contributed by atoms with Crippen molar-refractivity contribution in [3.63, 3.8) is 0 Å². The molecule has 5 rings (SSSR count). The number of nitrogens with zero attached hydrogens (tertiary/aromatic N) is 4. The van der Waals surface area contributed by atoms with Gasteiger partial charge in [0.05, 0.1) is 47.4 Å². The molecule has 0 aliphatic carbocycles. The van der Waals surface area contributed by atoms with Crippen molar-refractivity contribution in [2.45, 2.75) is 26.8 Å². The van der Waals surface area contributed by atoms with E-state index in [-0.39, 0.29) is 5.56 Å². The van der Waals surface area contributed by atoms with Gasteiger partial charge in [0.15, 0.2) is 4.80 Å². The molecular formula is C28H26N4O4S. The summed E-state index contributed by atoms with van der Waals surface area (Å²) in [5.74, 6) is 0.157. The third kappa shape index (κ3) is 4.21. The fraction of sp³-hybridized carbons (Fsp3) is 0.214. The van der Waals surface area contributed by atoms with E-state index in [1.165, 1.54) is 18.4 Å². The summed E-state index contributed by atoms with van der Waals surface area (Å²) < 4.78 is 14.3. The number of para-hydroxylation sites is 1. The minimum absolute atomic E-state index is 0.232. The van der Waals surface area contributed by atoms with Gasteiger partial charge in [0.1, 0.15) is 5.75 Å². The Bertz CT molecular complexity index is 1710. The molecule has 0 fully saturated rings. The first-order valence-electron chi connectivity index (χ1n) is 11.7. The predicted molar refractivity (Wildman–Crippen MR) is 142 cm³/mol. The number of fused-ring (bicyclic) bond motifs is 1. The quantitative estimate of drug-likeness (QED) is 0.382. The summed E-state index contributed by atoms with van der Waals surface area (Å²) in [6, 6.07) is 16.5. The zero-order valence-electron chi connectivity index (χ0n) is 21.2. The number of carbonyl (C=O) groups excluding carboxylic acids is 1. The second-order valence-corrected chi connectivity index (χ2v) is 9.69. The predicted octanol–water partition coefficient (Wildman–Crippen LogP) is 3.22. The maximum Gasteiger partial charge on any atom is 0.338 e. The van der Waals surface area contributed by atoms with Crippen LogP contribution in [0.2, 0.25) is 0 Å². The summed E-state index contributed by atoms with van der Waals surface area (Å²) in [6.07, 6.45) is 1.86. The van der Waals surface area contributed by atoms with Crippen molar-refractivity contribution >= 4 is 23.4 Å². The van der Waals surface area contributed by atoms with Crippen LogP contribution in [0.25, 0.3) is 11.8 Å². The average Bonchev–Trinajstić information content (AvgIpc) is 3.38. The Labute approximate surface area is 217 Å². The number of thiazole rings is 1. The number of hydrogen-bond donors (Lipinski definition) is 0. The molecule has 0 radical (unpaired) electrons. The van der Waals surface area contributed by atoms with Gasteiger partial charge >= 0.3 is 5.97 Å². The number of rotatable bonds is 5. The molecule has 0 N–H and O–H groups in total. The van der Waals surface area contributed by atoms with Crippen molar-refractivity contribution in [1.29, 1.82) is 0 Å². The Morgan fingerprint density at radius 3 is 2.38 bits per heavy atom. The SMILES string of the molecule is COC(=O)C1=C(C)N=c2s/c(=C\c3c(C)nn(-c4ccccc4)c3C)c(=O)n2[C@@H]1c1ccc(OC)cc1. The van der Waals surface area contributed by atoms with Crippen LogP contribution in [-0.2, 0) is 9.53 Å². The Morgan fingerprint density at radius 2 is 1.73 bits per heavy atom. The third-order valence-electron chi connectivity index (χ3n) is 6.48. The number of allylic oxidation sites excluding steroid dienone is 1. The van der Waals surface area contributed by atoms with Gasteiger partial charge in [-0.3, -0.25) is 9.36 Å². The number of benzene rings is 2. The molecular weight excluding hydrogens is 488 g/mol. The molecule has 3 heterocycles. The normalized spacial score (nSPS) is 15.4. The maximum absolute atomic E-state index is 13.8. The fourth-order valence-electron chi connectivity index (χ4n) is 4.61. The number of esters is 1. The lowest BCUT2D eigenvalue weighted by molar-refractivity contribution is -0.136. The fourth-order valence-corrected chi connectivity index (χ4v) is 5.64. The molecule has 188 valence electrons. The molecule has 0 spiro atoms. The first-order chi connectivity index (χ1) is 17.8. The minimum atomic E-state index is -0.675. The van der Waals surface area contributed by atoms with Crippen LogP contribution >= 0.6 is 11.3 Å². The maximum atomic E-state index is 13.8. The summed E-state index contributed by atoms with van der Waals surface area (Å²) in [6.45, 7) is 5.67. The van der Waals surface area contributed by atoms with E-state index in [2.05, 4.69) is 4.99 Å². The number of hydrogen-bond acceptors (Lipinski definition) is 7. The zero-order valence-corrected chi connectivity index (χ0v) is 22.0. The molecule has 1 atom stereocenters. The Kier molecular flexibility index (Phi) is 6.39.